The summed E-state index contributed by atoms with van der Waals surface area (Å²) in [4.78, 5) is 15.0. The fourth-order valence-electron chi connectivity index (χ4n) is 1.86. The molecule has 0 spiro atoms. The molecule has 100 valence electrons. The number of imidazole rings is 1. The number of nitrogens with two attached hydrogens (primary N) is 1. The van der Waals surface area contributed by atoms with Crippen LogP contribution in [0.15, 0.2) is 11.4 Å². The largest absolute Gasteiger partial charge is 0.381 e. The number of amides is 1. The van der Waals surface area contributed by atoms with E-state index in [1.807, 2.05) is 0 Å². The van der Waals surface area contributed by atoms with E-state index in [-0.39, 0.29) is 36.3 Å². The molecule has 0 aromatic carbocycles. The van der Waals surface area contributed by atoms with Gasteiger partial charge in [0.05, 0.1) is 6.33 Å². The molecule has 1 aromatic heterocycles. The van der Waals surface area contributed by atoms with Gasteiger partial charge in [0.2, 0.25) is 5.91 Å². The number of nitrogens with one attached hydrogen (secondary N) is 1. The highest BCUT2D eigenvalue weighted by Crippen LogP contribution is 2.21. The summed E-state index contributed by atoms with van der Waals surface area (Å²) in [6.07, 6.45) is 1.50. The molecule has 1 amide bonds. The van der Waals surface area contributed by atoms with Gasteiger partial charge in [0.1, 0.15) is 0 Å². The number of carbonyl (C=O) groups excluding carboxylic acids is 1. The predicted octanol–water partition coefficient (Wildman–Crippen LogP) is -1.49. The van der Waals surface area contributed by atoms with Crippen LogP contribution in [0.4, 0.5) is 5.82 Å². The first kappa shape index (κ1) is 12.8. The zero-order valence-corrected chi connectivity index (χ0v) is 10.8. The lowest BCUT2D eigenvalue weighted by Crippen LogP contribution is -2.35. The number of hydrogen-bond donors (Lipinski definition) is 2. The van der Waals surface area contributed by atoms with Crippen molar-refractivity contribution in [3.63, 3.8) is 0 Å². The van der Waals surface area contributed by atoms with Crippen molar-refractivity contribution in [3.8, 4) is 0 Å². The molecule has 1 aromatic rings. The van der Waals surface area contributed by atoms with E-state index in [2.05, 4.69) is 10.3 Å². The van der Waals surface area contributed by atoms with Crippen LogP contribution in [-0.2, 0) is 21.9 Å². The van der Waals surface area contributed by atoms with Gasteiger partial charge >= 0.3 is 0 Å². The lowest BCUT2D eigenvalue weighted by Gasteiger charge is -2.19. The first-order valence-electron chi connectivity index (χ1n) is 5.46. The van der Waals surface area contributed by atoms with Crippen LogP contribution >= 0.6 is 0 Å². The van der Waals surface area contributed by atoms with Crippen molar-refractivity contribution in [1.82, 2.24) is 19.2 Å². The van der Waals surface area contributed by atoms with E-state index in [4.69, 9.17) is 5.73 Å². The van der Waals surface area contributed by atoms with Crippen LogP contribution < -0.4 is 11.1 Å². The van der Waals surface area contributed by atoms with Gasteiger partial charge in [-0.25, -0.2) is 13.4 Å². The van der Waals surface area contributed by atoms with Gasteiger partial charge in [0.15, 0.2) is 10.8 Å². The summed E-state index contributed by atoms with van der Waals surface area (Å²) in [5.41, 5.74) is 5.58. The van der Waals surface area contributed by atoms with E-state index in [1.165, 1.54) is 15.2 Å². The Hall–Kier alpha value is -1.61. The molecule has 0 radical (unpaired) electrons. The van der Waals surface area contributed by atoms with Crippen molar-refractivity contribution < 1.29 is 13.2 Å². The lowest BCUT2D eigenvalue weighted by molar-refractivity contribution is -0.120. The Balaban J connectivity index is 2.34. The summed E-state index contributed by atoms with van der Waals surface area (Å²) in [6.45, 7) is 0.688. The van der Waals surface area contributed by atoms with Gasteiger partial charge in [-0.2, -0.15) is 4.31 Å². The number of hydrogen-bond acceptors (Lipinski definition) is 5. The maximum Gasteiger partial charge on any atom is 0.262 e. The van der Waals surface area contributed by atoms with Crippen molar-refractivity contribution in [1.29, 1.82) is 0 Å². The second kappa shape index (κ2) is 4.58. The van der Waals surface area contributed by atoms with Gasteiger partial charge in [-0.3, -0.25) is 4.79 Å². The van der Waals surface area contributed by atoms with Crippen molar-refractivity contribution in [2.24, 2.45) is 7.05 Å². The van der Waals surface area contributed by atoms with Gasteiger partial charge in [-0.15, -0.1) is 0 Å². The molecular formula is C9H15N5O3S. The van der Waals surface area contributed by atoms with Gasteiger partial charge in [0, 0.05) is 33.1 Å². The minimum absolute atomic E-state index is 0.0268. The normalized spacial score (nSPS) is 18.4. The summed E-state index contributed by atoms with van der Waals surface area (Å²) in [7, 11) is -2.14. The highest BCUT2D eigenvalue weighted by atomic mass is 32.2. The second-order valence-electron chi connectivity index (χ2n) is 4.05. The summed E-state index contributed by atoms with van der Waals surface area (Å²) in [6, 6.07) is 0. The smallest absolute Gasteiger partial charge is 0.262 e. The molecule has 8 nitrogen and oxygen atoms in total. The minimum atomic E-state index is -3.71. The zero-order valence-electron chi connectivity index (χ0n) is 9.96. The SMILES string of the molecule is Cn1cnc(N)c1S(=O)(=O)N1CCNC(=O)CC1. The fraction of sp³-hybridized carbons (Fsp3) is 0.556. The highest BCUT2D eigenvalue weighted by Gasteiger charge is 2.31. The second-order valence-corrected chi connectivity index (χ2v) is 5.90. The Labute approximate surface area is 105 Å². The summed E-state index contributed by atoms with van der Waals surface area (Å²) >= 11 is 0. The average molecular weight is 273 g/mol. The van der Waals surface area contributed by atoms with Crippen LogP contribution in [0.5, 0.6) is 0 Å². The van der Waals surface area contributed by atoms with Crippen molar-refractivity contribution >= 4 is 21.7 Å². The predicted molar refractivity (Wildman–Crippen MR) is 64.0 cm³/mol. The topological polar surface area (TPSA) is 110 Å². The third kappa shape index (κ3) is 2.18. The fourth-order valence-corrected chi connectivity index (χ4v) is 3.50. The number of anilines is 1. The van der Waals surface area contributed by atoms with Crippen molar-refractivity contribution in [3.05, 3.63) is 6.33 Å². The van der Waals surface area contributed by atoms with E-state index in [9.17, 15) is 13.2 Å². The maximum absolute atomic E-state index is 12.4. The first-order chi connectivity index (χ1) is 8.43. The Bertz CT molecular complexity index is 545. The number of sulfonamides is 1. The zero-order chi connectivity index (χ0) is 13.3. The van der Waals surface area contributed by atoms with Gasteiger partial charge < -0.3 is 15.6 Å². The Morgan fingerprint density at radius 2 is 2.17 bits per heavy atom. The number of nitrogen functional groups attached to an aromatic ring is 1. The molecular weight excluding hydrogens is 258 g/mol. The number of aromatic nitrogens is 2. The van der Waals surface area contributed by atoms with E-state index >= 15 is 0 Å². The Morgan fingerprint density at radius 3 is 2.78 bits per heavy atom. The molecule has 1 fully saturated rings. The van der Waals surface area contributed by atoms with Gasteiger partial charge in [0.25, 0.3) is 10.0 Å². The van der Waals surface area contributed by atoms with Crippen LogP contribution in [0.2, 0.25) is 0 Å². The molecule has 2 heterocycles. The molecule has 18 heavy (non-hydrogen) atoms. The monoisotopic (exact) mass is 273 g/mol. The highest BCUT2D eigenvalue weighted by molar-refractivity contribution is 7.89. The van der Waals surface area contributed by atoms with E-state index in [0.717, 1.165) is 0 Å². The molecule has 0 atom stereocenters. The molecule has 0 bridgehead atoms. The molecule has 0 saturated carbocycles. The Kier molecular flexibility index (Phi) is 3.26. The van der Waals surface area contributed by atoms with Crippen LogP contribution in [0.25, 0.3) is 0 Å². The number of rotatable bonds is 2. The number of carbonyl (C=O) groups is 1. The molecule has 3 N–H and O–H groups in total. The van der Waals surface area contributed by atoms with Gasteiger partial charge in [-0.1, -0.05) is 0 Å². The number of aryl methyl sites for hydroxylation is 1. The lowest BCUT2D eigenvalue weighted by atomic mass is 10.4. The molecule has 0 aliphatic carbocycles. The molecule has 9 heteroatoms. The first-order valence-corrected chi connectivity index (χ1v) is 6.90. The summed E-state index contributed by atoms with van der Waals surface area (Å²) < 4.78 is 27.4. The molecule has 1 saturated heterocycles. The molecule has 1 aliphatic heterocycles. The van der Waals surface area contributed by atoms with E-state index < -0.39 is 10.0 Å². The third-order valence-corrected chi connectivity index (χ3v) is 4.80. The summed E-state index contributed by atoms with van der Waals surface area (Å²) in [5.74, 6) is -0.174. The minimum Gasteiger partial charge on any atom is -0.381 e. The maximum atomic E-state index is 12.4. The molecule has 0 unspecified atom stereocenters. The van der Waals surface area contributed by atoms with Crippen LogP contribution in [-0.4, -0.2) is 47.8 Å². The average Bonchev–Trinajstić information content (AvgIpc) is 2.51. The van der Waals surface area contributed by atoms with Crippen LogP contribution in [0.1, 0.15) is 6.42 Å². The molecule has 2 rings (SSSR count). The van der Waals surface area contributed by atoms with Crippen LogP contribution in [0, 0.1) is 0 Å². The van der Waals surface area contributed by atoms with Crippen LogP contribution in [0.3, 0.4) is 0 Å². The van der Waals surface area contributed by atoms with Crippen molar-refractivity contribution in [2.75, 3.05) is 25.4 Å². The standard InChI is InChI=1S/C9H15N5O3S/c1-13-6-12-8(10)9(13)18(16,17)14-4-2-7(15)11-3-5-14/h6H,2-5,10H2,1H3,(H,11,15). The molecule has 1 aliphatic rings. The van der Waals surface area contributed by atoms with Crippen molar-refractivity contribution in [2.45, 2.75) is 11.4 Å². The Morgan fingerprint density at radius 1 is 1.44 bits per heavy atom. The number of nitrogens with zero attached hydrogens (tertiary/aromatic N) is 3. The summed E-state index contributed by atoms with van der Waals surface area (Å²) in [5, 5.41) is 2.59. The third-order valence-electron chi connectivity index (χ3n) is 2.77. The van der Waals surface area contributed by atoms with E-state index in [0.29, 0.717) is 6.54 Å². The quantitative estimate of drug-likeness (QED) is 0.682. The van der Waals surface area contributed by atoms with E-state index in [1.54, 1.807) is 7.05 Å². The van der Waals surface area contributed by atoms with Gasteiger partial charge in [-0.05, 0) is 0 Å².